The van der Waals surface area contributed by atoms with Gasteiger partial charge in [-0.1, -0.05) is 22.9 Å². The Morgan fingerprint density at radius 3 is 2.86 bits per heavy atom. The topological polar surface area (TPSA) is 109 Å². The summed E-state index contributed by atoms with van der Waals surface area (Å²) in [6, 6.07) is 6.37. The number of nitrogens with one attached hydrogen (secondary N) is 2. The van der Waals surface area contributed by atoms with E-state index in [1.807, 2.05) is 0 Å². The molecule has 0 saturated carbocycles. The molecule has 21 heavy (non-hydrogen) atoms. The number of carboxylic acid groups (broad SMARTS) is 1. The monoisotopic (exact) mass is 309 g/mol. The van der Waals surface area contributed by atoms with Gasteiger partial charge in [0.15, 0.2) is 5.69 Å². The highest BCUT2D eigenvalue weighted by Gasteiger charge is 2.08. The van der Waals surface area contributed by atoms with E-state index in [4.69, 9.17) is 16.7 Å². The van der Waals surface area contributed by atoms with Gasteiger partial charge in [0, 0.05) is 17.3 Å². The number of hydrogen-bond donors (Lipinski definition) is 3. The molecule has 0 aliphatic rings. The van der Waals surface area contributed by atoms with E-state index in [2.05, 4.69) is 20.9 Å². The standard InChI is InChI=1S/C12H12ClN5O3/c13-8-2-1-3-9(6-8)15-12(21)14-4-5-18-7-10(11(19)20)16-17-18/h1-3,6-7H,4-5H2,(H,19,20)(H2,14,15,21). The molecule has 8 nitrogen and oxygen atoms in total. The third-order valence-electron chi connectivity index (χ3n) is 2.47. The van der Waals surface area contributed by atoms with Crippen molar-refractivity contribution in [2.24, 2.45) is 0 Å². The lowest BCUT2D eigenvalue weighted by Gasteiger charge is -2.07. The predicted octanol–water partition coefficient (Wildman–Crippen LogP) is 1.45. The molecule has 0 atom stereocenters. The molecule has 0 radical (unpaired) electrons. The number of carbonyl (C=O) groups is 2. The first-order chi connectivity index (χ1) is 10.0. The molecule has 9 heteroatoms. The number of carboxylic acids is 1. The van der Waals surface area contributed by atoms with Crippen LogP contribution in [0.1, 0.15) is 10.5 Å². The molecule has 0 spiro atoms. The lowest BCUT2D eigenvalue weighted by Crippen LogP contribution is -2.31. The van der Waals surface area contributed by atoms with E-state index < -0.39 is 12.0 Å². The number of benzene rings is 1. The van der Waals surface area contributed by atoms with E-state index in [1.165, 1.54) is 10.9 Å². The average molecular weight is 310 g/mol. The summed E-state index contributed by atoms with van der Waals surface area (Å²) in [5, 5.41) is 21.5. The van der Waals surface area contributed by atoms with Gasteiger partial charge in [-0.15, -0.1) is 5.10 Å². The highest BCUT2D eigenvalue weighted by molar-refractivity contribution is 6.30. The van der Waals surface area contributed by atoms with Crippen molar-refractivity contribution in [3.8, 4) is 0 Å². The first-order valence-corrected chi connectivity index (χ1v) is 6.36. The van der Waals surface area contributed by atoms with Crippen LogP contribution >= 0.6 is 11.6 Å². The zero-order chi connectivity index (χ0) is 15.2. The van der Waals surface area contributed by atoms with Crippen LogP contribution in [-0.4, -0.2) is 38.6 Å². The molecule has 2 amide bonds. The highest BCUT2D eigenvalue weighted by Crippen LogP contribution is 2.14. The zero-order valence-electron chi connectivity index (χ0n) is 10.8. The fraction of sp³-hybridized carbons (Fsp3) is 0.167. The Kier molecular flexibility index (Phi) is 4.72. The van der Waals surface area contributed by atoms with Gasteiger partial charge >= 0.3 is 12.0 Å². The fourth-order valence-electron chi connectivity index (χ4n) is 1.53. The van der Waals surface area contributed by atoms with E-state index in [-0.39, 0.29) is 12.2 Å². The molecule has 0 unspecified atom stereocenters. The zero-order valence-corrected chi connectivity index (χ0v) is 11.5. The van der Waals surface area contributed by atoms with Crippen LogP contribution in [0, 0.1) is 0 Å². The van der Waals surface area contributed by atoms with Crippen LogP contribution in [0.5, 0.6) is 0 Å². The Morgan fingerprint density at radius 2 is 2.19 bits per heavy atom. The second-order valence-corrected chi connectivity index (χ2v) is 4.50. The molecule has 1 aromatic carbocycles. The Hall–Kier alpha value is -2.61. The van der Waals surface area contributed by atoms with E-state index in [9.17, 15) is 9.59 Å². The molecule has 3 N–H and O–H groups in total. The molecule has 0 aliphatic heterocycles. The number of hydrogen-bond acceptors (Lipinski definition) is 4. The van der Waals surface area contributed by atoms with Gasteiger partial charge in [-0.05, 0) is 18.2 Å². The Labute approximate surface area is 124 Å². The number of carbonyl (C=O) groups excluding carboxylic acids is 1. The van der Waals surface area contributed by atoms with Gasteiger partial charge in [-0.25, -0.2) is 14.3 Å². The first kappa shape index (κ1) is 14.8. The van der Waals surface area contributed by atoms with Crippen molar-refractivity contribution in [3.05, 3.63) is 41.2 Å². The maximum Gasteiger partial charge on any atom is 0.358 e. The third kappa shape index (κ3) is 4.46. The predicted molar refractivity (Wildman–Crippen MR) is 75.5 cm³/mol. The van der Waals surface area contributed by atoms with Gasteiger partial charge in [0.25, 0.3) is 0 Å². The quantitative estimate of drug-likeness (QED) is 0.774. The number of amides is 2. The van der Waals surface area contributed by atoms with Gasteiger partial charge in [0.2, 0.25) is 0 Å². The molecule has 0 saturated heterocycles. The average Bonchev–Trinajstić information content (AvgIpc) is 2.87. The molecular formula is C12H12ClN5O3. The lowest BCUT2D eigenvalue weighted by atomic mass is 10.3. The second kappa shape index (κ2) is 6.71. The smallest absolute Gasteiger partial charge is 0.358 e. The Morgan fingerprint density at radius 1 is 1.38 bits per heavy atom. The van der Waals surface area contributed by atoms with Crippen LogP contribution in [0.2, 0.25) is 5.02 Å². The number of halogens is 1. The van der Waals surface area contributed by atoms with E-state index >= 15 is 0 Å². The van der Waals surface area contributed by atoms with Gasteiger partial charge < -0.3 is 15.7 Å². The van der Waals surface area contributed by atoms with Crippen molar-refractivity contribution in [1.82, 2.24) is 20.3 Å². The number of anilines is 1. The normalized spacial score (nSPS) is 10.1. The largest absolute Gasteiger partial charge is 0.476 e. The molecule has 2 rings (SSSR count). The van der Waals surface area contributed by atoms with Crippen molar-refractivity contribution in [3.63, 3.8) is 0 Å². The minimum atomic E-state index is -1.15. The van der Waals surface area contributed by atoms with Crippen molar-refractivity contribution in [2.75, 3.05) is 11.9 Å². The van der Waals surface area contributed by atoms with Crippen LogP contribution in [0.15, 0.2) is 30.5 Å². The van der Waals surface area contributed by atoms with Crippen molar-refractivity contribution in [1.29, 1.82) is 0 Å². The maximum atomic E-state index is 11.6. The molecule has 110 valence electrons. The van der Waals surface area contributed by atoms with Crippen molar-refractivity contribution in [2.45, 2.75) is 6.54 Å². The third-order valence-corrected chi connectivity index (χ3v) is 2.70. The number of urea groups is 1. The van der Waals surface area contributed by atoms with E-state index in [0.717, 1.165) is 0 Å². The minimum Gasteiger partial charge on any atom is -0.476 e. The number of aromatic carboxylic acids is 1. The number of nitrogens with zero attached hydrogens (tertiary/aromatic N) is 3. The summed E-state index contributed by atoms with van der Waals surface area (Å²) >= 11 is 5.80. The Bertz CT molecular complexity index is 658. The molecular weight excluding hydrogens is 298 g/mol. The van der Waals surface area contributed by atoms with Gasteiger partial charge in [0.05, 0.1) is 12.7 Å². The summed E-state index contributed by atoms with van der Waals surface area (Å²) in [6.07, 6.45) is 1.29. The summed E-state index contributed by atoms with van der Waals surface area (Å²) in [7, 11) is 0. The lowest BCUT2D eigenvalue weighted by molar-refractivity contribution is 0.0690. The van der Waals surface area contributed by atoms with Crippen LogP contribution in [0.4, 0.5) is 10.5 Å². The van der Waals surface area contributed by atoms with Crippen LogP contribution < -0.4 is 10.6 Å². The van der Waals surface area contributed by atoms with Crippen LogP contribution in [-0.2, 0) is 6.54 Å². The van der Waals surface area contributed by atoms with Gasteiger partial charge in [-0.3, -0.25) is 0 Å². The van der Waals surface area contributed by atoms with Crippen molar-refractivity contribution < 1.29 is 14.7 Å². The molecule has 0 fully saturated rings. The highest BCUT2D eigenvalue weighted by atomic mass is 35.5. The van der Waals surface area contributed by atoms with Crippen LogP contribution in [0.3, 0.4) is 0 Å². The first-order valence-electron chi connectivity index (χ1n) is 5.98. The molecule has 1 aromatic heterocycles. The molecule has 1 heterocycles. The second-order valence-electron chi connectivity index (χ2n) is 4.06. The Balaban J connectivity index is 1.77. The molecule has 0 aliphatic carbocycles. The van der Waals surface area contributed by atoms with E-state index in [0.29, 0.717) is 17.3 Å². The molecule has 2 aromatic rings. The summed E-state index contributed by atoms with van der Waals surface area (Å²) < 4.78 is 1.34. The van der Waals surface area contributed by atoms with Crippen LogP contribution in [0.25, 0.3) is 0 Å². The van der Waals surface area contributed by atoms with Gasteiger partial charge in [0.1, 0.15) is 0 Å². The summed E-state index contributed by atoms with van der Waals surface area (Å²) in [4.78, 5) is 22.2. The van der Waals surface area contributed by atoms with Crippen molar-refractivity contribution >= 4 is 29.3 Å². The number of rotatable bonds is 5. The summed E-state index contributed by atoms with van der Waals surface area (Å²) in [6.45, 7) is 0.581. The number of aromatic nitrogens is 3. The fourth-order valence-corrected chi connectivity index (χ4v) is 1.72. The molecule has 0 bridgehead atoms. The minimum absolute atomic E-state index is 0.140. The van der Waals surface area contributed by atoms with Gasteiger partial charge in [-0.2, -0.15) is 0 Å². The summed E-state index contributed by atoms with van der Waals surface area (Å²) in [5.41, 5.74) is 0.437. The maximum absolute atomic E-state index is 11.6. The van der Waals surface area contributed by atoms with E-state index in [1.54, 1.807) is 24.3 Å². The SMILES string of the molecule is O=C(NCCn1cc(C(=O)O)nn1)Nc1cccc(Cl)c1. The summed E-state index contributed by atoms with van der Waals surface area (Å²) in [5.74, 6) is -1.15.